The number of ether oxygens (including phenoxy) is 2. The number of nitrogens with two attached hydrogens (primary N) is 1. The summed E-state index contributed by atoms with van der Waals surface area (Å²) in [7, 11) is 2.07. The zero-order valence-corrected chi connectivity index (χ0v) is 15.5. The summed E-state index contributed by atoms with van der Waals surface area (Å²) in [4.78, 5) is 6.69. The molecule has 0 radical (unpaired) electrons. The van der Waals surface area contributed by atoms with Gasteiger partial charge < -0.3 is 19.8 Å². The number of rotatable bonds is 3. The summed E-state index contributed by atoms with van der Waals surface area (Å²) in [5, 5.41) is 1.26. The highest BCUT2D eigenvalue weighted by molar-refractivity contribution is 5.83. The first-order valence-electron chi connectivity index (χ1n) is 9.44. The van der Waals surface area contributed by atoms with Crippen molar-refractivity contribution in [3.63, 3.8) is 0 Å². The Balaban J connectivity index is 1.36. The van der Waals surface area contributed by atoms with Crippen molar-refractivity contribution in [3.05, 3.63) is 54.0 Å². The third-order valence-corrected chi connectivity index (χ3v) is 5.68. The number of aryl methyl sites for hydroxylation is 1. The van der Waals surface area contributed by atoms with E-state index in [1.807, 2.05) is 18.5 Å². The highest BCUT2D eigenvalue weighted by Crippen LogP contribution is 2.35. The van der Waals surface area contributed by atoms with Gasteiger partial charge in [-0.1, -0.05) is 6.07 Å². The standard InChI is InChI=1S/C21H24N4O2/c1-24-11-16(15-4-5-23-9-19(15)24)17-12-25(13-18(17)22)10-14-2-3-20-21(8-14)27-7-6-26-20/h2-5,8-9,11,17-18H,6-7,10,12-13,22H2,1H3/t17-,18+/m0/s1. The van der Waals surface area contributed by atoms with E-state index in [1.165, 1.54) is 16.5 Å². The second-order valence-electron chi connectivity index (χ2n) is 7.53. The zero-order chi connectivity index (χ0) is 18.4. The van der Waals surface area contributed by atoms with Gasteiger partial charge in [0.2, 0.25) is 0 Å². The molecule has 2 N–H and O–H groups in total. The van der Waals surface area contributed by atoms with Crippen LogP contribution in [0.4, 0.5) is 0 Å². The van der Waals surface area contributed by atoms with E-state index >= 15 is 0 Å². The fourth-order valence-electron chi connectivity index (χ4n) is 4.37. The molecule has 0 spiro atoms. The summed E-state index contributed by atoms with van der Waals surface area (Å²) in [6.45, 7) is 3.95. The average molecular weight is 364 g/mol. The molecule has 0 unspecified atom stereocenters. The maximum absolute atomic E-state index is 6.55. The van der Waals surface area contributed by atoms with Crippen molar-refractivity contribution in [3.8, 4) is 11.5 Å². The minimum atomic E-state index is 0.126. The molecular formula is C21H24N4O2. The summed E-state index contributed by atoms with van der Waals surface area (Å²) in [6.07, 6.45) is 6.00. The van der Waals surface area contributed by atoms with Crippen molar-refractivity contribution in [2.75, 3.05) is 26.3 Å². The normalized spacial score (nSPS) is 22.4. The van der Waals surface area contributed by atoms with E-state index in [0.717, 1.165) is 36.6 Å². The van der Waals surface area contributed by atoms with Crippen LogP contribution in [0.15, 0.2) is 42.9 Å². The molecular weight excluding hydrogens is 340 g/mol. The van der Waals surface area contributed by atoms with E-state index < -0.39 is 0 Å². The summed E-state index contributed by atoms with van der Waals surface area (Å²) < 4.78 is 13.5. The van der Waals surface area contributed by atoms with Gasteiger partial charge in [-0.3, -0.25) is 9.88 Å². The monoisotopic (exact) mass is 364 g/mol. The maximum atomic E-state index is 6.55. The molecule has 0 saturated carbocycles. The Labute approximate surface area is 158 Å². The van der Waals surface area contributed by atoms with Gasteiger partial charge in [0.15, 0.2) is 11.5 Å². The number of hydrogen-bond acceptors (Lipinski definition) is 5. The topological polar surface area (TPSA) is 65.5 Å². The molecule has 3 aromatic rings. The predicted molar refractivity (Wildman–Crippen MR) is 104 cm³/mol. The van der Waals surface area contributed by atoms with Crippen molar-refractivity contribution in [1.29, 1.82) is 0 Å². The third kappa shape index (κ3) is 2.95. The number of fused-ring (bicyclic) bond motifs is 2. The molecule has 2 aromatic heterocycles. The quantitative estimate of drug-likeness (QED) is 0.772. The van der Waals surface area contributed by atoms with Gasteiger partial charge in [0.05, 0.1) is 11.7 Å². The molecule has 2 aliphatic rings. The van der Waals surface area contributed by atoms with E-state index in [0.29, 0.717) is 19.1 Å². The molecule has 0 bridgehead atoms. The highest BCUT2D eigenvalue weighted by atomic mass is 16.6. The Morgan fingerprint density at radius 2 is 2.00 bits per heavy atom. The number of pyridine rings is 1. The van der Waals surface area contributed by atoms with Gasteiger partial charge in [-0.15, -0.1) is 0 Å². The van der Waals surface area contributed by atoms with E-state index in [4.69, 9.17) is 15.2 Å². The number of likely N-dealkylation sites (tertiary alicyclic amines) is 1. The fourth-order valence-corrected chi connectivity index (χ4v) is 4.37. The van der Waals surface area contributed by atoms with Gasteiger partial charge in [0.1, 0.15) is 13.2 Å². The van der Waals surface area contributed by atoms with Crippen molar-refractivity contribution in [1.82, 2.24) is 14.5 Å². The van der Waals surface area contributed by atoms with E-state index in [-0.39, 0.29) is 6.04 Å². The van der Waals surface area contributed by atoms with Gasteiger partial charge in [-0.2, -0.15) is 0 Å². The summed E-state index contributed by atoms with van der Waals surface area (Å²) in [6, 6.07) is 8.45. The lowest BCUT2D eigenvalue weighted by Gasteiger charge is -2.21. The molecule has 2 aliphatic heterocycles. The second-order valence-corrected chi connectivity index (χ2v) is 7.53. The van der Waals surface area contributed by atoms with Crippen molar-refractivity contribution in [2.24, 2.45) is 12.8 Å². The zero-order valence-electron chi connectivity index (χ0n) is 15.5. The lowest BCUT2D eigenvalue weighted by atomic mass is 9.95. The minimum Gasteiger partial charge on any atom is -0.486 e. The lowest BCUT2D eigenvalue weighted by molar-refractivity contribution is 0.171. The number of hydrogen-bond donors (Lipinski definition) is 1. The van der Waals surface area contributed by atoms with Gasteiger partial charge >= 0.3 is 0 Å². The van der Waals surface area contributed by atoms with Crippen LogP contribution < -0.4 is 15.2 Å². The van der Waals surface area contributed by atoms with Gasteiger partial charge in [-0.25, -0.2) is 0 Å². The highest BCUT2D eigenvalue weighted by Gasteiger charge is 2.33. The van der Waals surface area contributed by atoms with Crippen LogP contribution in [0.1, 0.15) is 17.0 Å². The minimum absolute atomic E-state index is 0.126. The molecule has 1 aromatic carbocycles. The molecule has 5 rings (SSSR count). The van der Waals surface area contributed by atoms with Crippen LogP contribution in [-0.4, -0.2) is 46.8 Å². The van der Waals surface area contributed by atoms with Crippen LogP contribution in [0, 0.1) is 0 Å². The summed E-state index contributed by atoms with van der Waals surface area (Å²) in [5.41, 5.74) is 10.3. The number of aromatic nitrogens is 2. The summed E-state index contributed by atoms with van der Waals surface area (Å²) >= 11 is 0. The SMILES string of the molecule is Cn1cc([C@@H]2CN(Cc3ccc4c(c3)OCCO4)C[C@H]2N)c2ccncc21. The summed E-state index contributed by atoms with van der Waals surface area (Å²) in [5.74, 6) is 2.01. The van der Waals surface area contributed by atoms with Crippen LogP contribution in [0.25, 0.3) is 10.9 Å². The first-order chi connectivity index (χ1) is 13.2. The maximum Gasteiger partial charge on any atom is 0.161 e. The molecule has 6 heteroatoms. The van der Waals surface area contributed by atoms with Crippen molar-refractivity contribution >= 4 is 10.9 Å². The van der Waals surface area contributed by atoms with Crippen LogP contribution in [0.5, 0.6) is 11.5 Å². The third-order valence-electron chi connectivity index (χ3n) is 5.68. The molecule has 1 fully saturated rings. The number of benzene rings is 1. The van der Waals surface area contributed by atoms with Crippen LogP contribution in [0.2, 0.25) is 0 Å². The Bertz CT molecular complexity index is 983. The van der Waals surface area contributed by atoms with E-state index in [1.54, 1.807) is 0 Å². The molecule has 2 atom stereocenters. The predicted octanol–water partition coefficient (Wildman–Crippen LogP) is 2.27. The average Bonchev–Trinajstić information content (AvgIpc) is 3.21. The Hall–Kier alpha value is -2.57. The first kappa shape index (κ1) is 16.6. The molecule has 140 valence electrons. The van der Waals surface area contributed by atoms with E-state index in [9.17, 15) is 0 Å². The number of nitrogens with zero attached hydrogens (tertiary/aromatic N) is 3. The Kier molecular flexibility index (Phi) is 4.02. The molecule has 1 saturated heterocycles. The van der Waals surface area contributed by atoms with Crippen LogP contribution in [-0.2, 0) is 13.6 Å². The Morgan fingerprint density at radius 1 is 1.15 bits per heavy atom. The van der Waals surface area contributed by atoms with Crippen molar-refractivity contribution in [2.45, 2.75) is 18.5 Å². The largest absolute Gasteiger partial charge is 0.486 e. The molecule has 0 amide bonds. The van der Waals surface area contributed by atoms with Gasteiger partial charge in [0, 0.05) is 56.4 Å². The van der Waals surface area contributed by atoms with Crippen LogP contribution >= 0.6 is 0 Å². The molecule has 27 heavy (non-hydrogen) atoms. The van der Waals surface area contributed by atoms with Gasteiger partial charge in [0.25, 0.3) is 0 Å². The van der Waals surface area contributed by atoms with Crippen LogP contribution in [0.3, 0.4) is 0 Å². The second kappa shape index (κ2) is 6.55. The first-order valence-corrected chi connectivity index (χ1v) is 9.44. The molecule has 4 heterocycles. The molecule has 0 aliphatic carbocycles. The van der Waals surface area contributed by atoms with Gasteiger partial charge in [-0.05, 0) is 29.3 Å². The fraction of sp³-hybridized carbons (Fsp3) is 0.381. The lowest BCUT2D eigenvalue weighted by Crippen LogP contribution is -2.28. The van der Waals surface area contributed by atoms with Crippen molar-refractivity contribution < 1.29 is 9.47 Å². The Morgan fingerprint density at radius 3 is 2.89 bits per heavy atom. The smallest absolute Gasteiger partial charge is 0.161 e. The van der Waals surface area contributed by atoms with E-state index in [2.05, 4.69) is 45.9 Å². The molecule has 6 nitrogen and oxygen atoms in total.